The van der Waals surface area contributed by atoms with Crippen LogP contribution in [0.1, 0.15) is 6.42 Å². The predicted molar refractivity (Wildman–Crippen MR) is 123 cm³/mol. The van der Waals surface area contributed by atoms with Crippen LogP contribution >= 0.6 is 23.2 Å². The van der Waals surface area contributed by atoms with E-state index >= 15 is 0 Å². The van der Waals surface area contributed by atoms with Crippen molar-refractivity contribution in [2.75, 3.05) is 13.1 Å². The van der Waals surface area contributed by atoms with Crippen LogP contribution in [0.5, 0.6) is 0 Å². The summed E-state index contributed by atoms with van der Waals surface area (Å²) in [7, 11) is -7.50. The normalized spacial score (nSPS) is 17.7. The van der Waals surface area contributed by atoms with Crippen LogP contribution < -0.4 is 0 Å². The maximum absolute atomic E-state index is 13.2. The van der Waals surface area contributed by atoms with E-state index in [0.29, 0.717) is 10.0 Å². The third-order valence-corrected chi connectivity index (χ3v) is 9.89. The fourth-order valence-electron chi connectivity index (χ4n) is 3.61. The van der Waals surface area contributed by atoms with Crippen molar-refractivity contribution in [3.05, 3.63) is 82.8 Å². The molecule has 4 rings (SSSR count). The molecule has 0 N–H and O–H groups in total. The van der Waals surface area contributed by atoms with Crippen molar-refractivity contribution in [1.29, 1.82) is 0 Å². The molecule has 0 spiro atoms. The first-order valence-corrected chi connectivity index (χ1v) is 13.3. The highest BCUT2D eigenvalue weighted by molar-refractivity contribution is 7.92. The van der Waals surface area contributed by atoms with Crippen LogP contribution in [0.15, 0.2) is 82.6 Å². The Hall–Kier alpha value is -1.90. The van der Waals surface area contributed by atoms with Crippen LogP contribution in [0.3, 0.4) is 0 Å². The Balaban J connectivity index is 1.58. The molecule has 1 heterocycles. The highest BCUT2D eigenvalue weighted by Gasteiger charge is 2.39. The van der Waals surface area contributed by atoms with E-state index in [-0.39, 0.29) is 29.3 Å². The average Bonchev–Trinajstić information content (AvgIpc) is 3.27. The second-order valence-electron chi connectivity index (χ2n) is 7.31. The average molecular weight is 496 g/mol. The van der Waals surface area contributed by atoms with Gasteiger partial charge in [0.15, 0.2) is 9.84 Å². The topological polar surface area (TPSA) is 71.5 Å². The van der Waals surface area contributed by atoms with Crippen molar-refractivity contribution in [3.8, 4) is 11.1 Å². The van der Waals surface area contributed by atoms with E-state index in [2.05, 4.69) is 0 Å². The molecule has 0 amide bonds. The van der Waals surface area contributed by atoms with Gasteiger partial charge in [-0.15, -0.1) is 0 Å². The Morgan fingerprint density at radius 3 is 2.00 bits per heavy atom. The molecular formula is C22H19Cl2NO4S2. The van der Waals surface area contributed by atoms with Crippen LogP contribution in [0.2, 0.25) is 10.0 Å². The van der Waals surface area contributed by atoms with Crippen LogP contribution in [-0.2, 0) is 19.9 Å². The highest BCUT2D eigenvalue weighted by atomic mass is 35.5. The minimum Gasteiger partial charge on any atom is -0.223 e. The molecule has 1 saturated heterocycles. The second-order valence-corrected chi connectivity index (χ2v) is 12.3. The Kier molecular flexibility index (Phi) is 6.16. The van der Waals surface area contributed by atoms with Crippen molar-refractivity contribution in [3.63, 3.8) is 0 Å². The highest BCUT2D eigenvalue weighted by Crippen LogP contribution is 2.30. The molecule has 1 unspecified atom stereocenters. The van der Waals surface area contributed by atoms with E-state index in [9.17, 15) is 16.8 Å². The second kappa shape index (κ2) is 8.56. The minimum absolute atomic E-state index is 0.0849. The fourth-order valence-corrected chi connectivity index (χ4v) is 7.20. The third kappa shape index (κ3) is 4.52. The summed E-state index contributed by atoms with van der Waals surface area (Å²) in [4.78, 5) is 0.273. The zero-order valence-corrected chi connectivity index (χ0v) is 19.4. The molecule has 1 aliphatic rings. The van der Waals surface area contributed by atoms with Crippen molar-refractivity contribution < 1.29 is 16.8 Å². The molecule has 0 aromatic heterocycles. The number of nitrogens with zero attached hydrogens (tertiary/aromatic N) is 1. The number of benzene rings is 3. The lowest BCUT2D eigenvalue weighted by Gasteiger charge is -2.17. The van der Waals surface area contributed by atoms with E-state index in [1.165, 1.54) is 34.6 Å². The number of halogens is 2. The van der Waals surface area contributed by atoms with Crippen molar-refractivity contribution in [1.82, 2.24) is 4.31 Å². The Labute approximate surface area is 192 Å². The van der Waals surface area contributed by atoms with Gasteiger partial charge in [-0.2, -0.15) is 4.31 Å². The molecule has 0 bridgehead atoms. The smallest absolute Gasteiger partial charge is 0.223 e. The molecule has 0 radical (unpaired) electrons. The summed E-state index contributed by atoms with van der Waals surface area (Å²) in [6.07, 6.45) is 0.237. The fraction of sp³-hybridized carbons (Fsp3) is 0.182. The molecule has 5 nitrogen and oxygen atoms in total. The predicted octanol–water partition coefficient (Wildman–Crippen LogP) is 4.90. The molecular weight excluding hydrogens is 477 g/mol. The minimum atomic E-state index is -3.84. The van der Waals surface area contributed by atoms with E-state index in [1.54, 1.807) is 24.3 Å². The van der Waals surface area contributed by atoms with Gasteiger partial charge in [0.25, 0.3) is 0 Å². The first kappa shape index (κ1) is 22.3. The van der Waals surface area contributed by atoms with E-state index in [0.717, 1.165) is 11.1 Å². The zero-order valence-electron chi connectivity index (χ0n) is 16.3. The quantitative estimate of drug-likeness (QED) is 0.504. The largest absolute Gasteiger partial charge is 0.243 e. The molecule has 3 aromatic rings. The Bertz CT molecular complexity index is 1310. The van der Waals surface area contributed by atoms with Gasteiger partial charge in [-0.1, -0.05) is 47.5 Å². The lowest BCUT2D eigenvalue weighted by molar-refractivity contribution is 0.476. The van der Waals surface area contributed by atoms with Gasteiger partial charge in [-0.05, 0) is 66.1 Å². The van der Waals surface area contributed by atoms with Gasteiger partial charge in [0.05, 0.1) is 15.0 Å². The molecule has 162 valence electrons. The van der Waals surface area contributed by atoms with Gasteiger partial charge >= 0.3 is 0 Å². The summed E-state index contributed by atoms with van der Waals surface area (Å²) >= 11 is 11.8. The molecule has 1 fully saturated rings. The van der Waals surface area contributed by atoms with Crippen molar-refractivity contribution in [2.24, 2.45) is 0 Å². The monoisotopic (exact) mass is 495 g/mol. The van der Waals surface area contributed by atoms with E-state index < -0.39 is 25.1 Å². The lowest BCUT2D eigenvalue weighted by atomic mass is 10.1. The first-order valence-electron chi connectivity index (χ1n) is 9.53. The van der Waals surface area contributed by atoms with Crippen LogP contribution in [0.4, 0.5) is 0 Å². The molecule has 9 heteroatoms. The van der Waals surface area contributed by atoms with Gasteiger partial charge in [0, 0.05) is 23.1 Å². The van der Waals surface area contributed by atoms with Gasteiger partial charge in [-0.3, -0.25) is 0 Å². The number of hydrogen-bond donors (Lipinski definition) is 0. The molecule has 31 heavy (non-hydrogen) atoms. The van der Waals surface area contributed by atoms with Gasteiger partial charge in [0.2, 0.25) is 10.0 Å². The van der Waals surface area contributed by atoms with Crippen LogP contribution in [-0.4, -0.2) is 39.5 Å². The molecule has 1 atom stereocenters. The number of sulfone groups is 1. The zero-order chi connectivity index (χ0) is 22.2. The Morgan fingerprint density at radius 1 is 0.742 bits per heavy atom. The molecule has 3 aromatic carbocycles. The van der Waals surface area contributed by atoms with E-state index in [1.807, 2.05) is 18.2 Å². The summed E-state index contributed by atoms with van der Waals surface area (Å²) in [5.41, 5.74) is 1.58. The maximum atomic E-state index is 13.2. The number of sulfonamides is 1. The summed E-state index contributed by atoms with van der Waals surface area (Å²) < 4.78 is 53.6. The third-order valence-electron chi connectivity index (χ3n) is 5.34. The van der Waals surface area contributed by atoms with Gasteiger partial charge in [-0.25, -0.2) is 16.8 Å². The summed E-state index contributed by atoms with van der Waals surface area (Å²) in [6, 6.07) is 19.7. The maximum Gasteiger partial charge on any atom is 0.243 e. The van der Waals surface area contributed by atoms with Crippen molar-refractivity contribution in [2.45, 2.75) is 21.5 Å². The summed E-state index contributed by atoms with van der Waals surface area (Å²) in [5.74, 6) is 0. The SMILES string of the molecule is O=S(=O)(c1ccc(Cl)cc1)C1CCN(S(=O)(=O)c2cccc(-c3ccc(Cl)cc3)c2)C1. The standard InChI is InChI=1S/C22H19Cl2NO4S2/c23-18-6-4-16(5-7-18)17-2-1-3-21(14-17)31(28,29)25-13-12-22(15-25)30(26,27)20-10-8-19(24)9-11-20/h1-11,14,22H,12-13,15H2. The first-order chi connectivity index (χ1) is 14.7. The lowest BCUT2D eigenvalue weighted by Crippen LogP contribution is -2.32. The van der Waals surface area contributed by atoms with Gasteiger partial charge < -0.3 is 0 Å². The van der Waals surface area contributed by atoms with E-state index in [4.69, 9.17) is 23.2 Å². The van der Waals surface area contributed by atoms with Crippen LogP contribution in [0, 0.1) is 0 Å². The van der Waals surface area contributed by atoms with Crippen molar-refractivity contribution >= 4 is 43.1 Å². The van der Waals surface area contributed by atoms with Gasteiger partial charge in [0.1, 0.15) is 0 Å². The summed E-state index contributed by atoms with van der Waals surface area (Å²) in [6.45, 7) is 0.0590. The van der Waals surface area contributed by atoms with Crippen LogP contribution in [0.25, 0.3) is 11.1 Å². The number of hydrogen-bond acceptors (Lipinski definition) is 4. The Morgan fingerprint density at radius 2 is 1.35 bits per heavy atom. The summed E-state index contributed by atoms with van der Waals surface area (Å²) in [5, 5.41) is 0.232. The molecule has 0 aliphatic carbocycles. The molecule has 1 aliphatic heterocycles. The number of rotatable bonds is 5. The molecule has 0 saturated carbocycles.